The second kappa shape index (κ2) is 6.89. The first-order chi connectivity index (χ1) is 11.1. The maximum atomic E-state index is 10.8. The van der Waals surface area contributed by atoms with Crippen molar-refractivity contribution < 1.29 is 4.92 Å². The van der Waals surface area contributed by atoms with Crippen LogP contribution in [0.15, 0.2) is 58.4 Å². The second-order valence-electron chi connectivity index (χ2n) is 4.82. The molecule has 2 aromatic carbocycles. The van der Waals surface area contributed by atoms with Crippen molar-refractivity contribution >= 4 is 38.6 Å². The number of non-ortho nitro benzene ring substituents is 1. The molecule has 0 fully saturated rings. The maximum absolute atomic E-state index is 10.8. The highest BCUT2D eigenvalue weighted by Crippen LogP contribution is 2.26. The topological polar surface area (TPSA) is 68.1 Å². The number of aromatic nitrogens is 1. The van der Waals surface area contributed by atoms with Gasteiger partial charge in [0.1, 0.15) is 5.01 Å². The highest BCUT2D eigenvalue weighted by atomic mass is 79.9. The fourth-order valence-electron chi connectivity index (χ4n) is 2.06. The molecule has 5 nitrogen and oxygen atoms in total. The zero-order valence-corrected chi connectivity index (χ0v) is 14.3. The summed E-state index contributed by atoms with van der Waals surface area (Å²) in [7, 11) is 0. The van der Waals surface area contributed by atoms with Crippen molar-refractivity contribution in [3.8, 4) is 10.6 Å². The molecule has 1 aromatic heterocycles. The Labute approximate surface area is 145 Å². The molecule has 0 radical (unpaired) electrons. The fraction of sp³-hybridized carbons (Fsp3) is 0.0625. The maximum Gasteiger partial charge on any atom is 0.271 e. The molecule has 0 aliphatic heterocycles. The number of benzene rings is 2. The van der Waals surface area contributed by atoms with Crippen molar-refractivity contribution in [2.75, 3.05) is 5.32 Å². The first-order valence-corrected chi connectivity index (χ1v) is 8.48. The zero-order chi connectivity index (χ0) is 16.2. The molecule has 3 rings (SSSR count). The first kappa shape index (κ1) is 15.6. The van der Waals surface area contributed by atoms with Gasteiger partial charge in [-0.05, 0) is 18.2 Å². The van der Waals surface area contributed by atoms with Crippen LogP contribution in [0.5, 0.6) is 0 Å². The van der Waals surface area contributed by atoms with Gasteiger partial charge in [0.15, 0.2) is 0 Å². The Kier molecular flexibility index (Phi) is 4.68. The predicted octanol–water partition coefficient (Wildman–Crippen LogP) is 5.09. The van der Waals surface area contributed by atoms with Crippen molar-refractivity contribution in [3.63, 3.8) is 0 Å². The minimum absolute atomic E-state index is 0.0723. The Morgan fingerprint density at radius 2 is 2.04 bits per heavy atom. The van der Waals surface area contributed by atoms with Crippen LogP contribution in [0.1, 0.15) is 5.69 Å². The lowest BCUT2D eigenvalue weighted by Crippen LogP contribution is -2.00. The van der Waals surface area contributed by atoms with Crippen LogP contribution < -0.4 is 5.32 Å². The summed E-state index contributed by atoms with van der Waals surface area (Å²) in [5.41, 5.74) is 2.74. The average Bonchev–Trinajstić information content (AvgIpc) is 3.02. The van der Waals surface area contributed by atoms with E-state index in [2.05, 4.69) is 26.2 Å². The quantitative estimate of drug-likeness (QED) is 0.487. The highest BCUT2D eigenvalue weighted by molar-refractivity contribution is 9.10. The molecule has 23 heavy (non-hydrogen) atoms. The molecule has 0 atom stereocenters. The van der Waals surface area contributed by atoms with Crippen LogP contribution >= 0.6 is 27.3 Å². The van der Waals surface area contributed by atoms with Crippen molar-refractivity contribution in [1.29, 1.82) is 0 Å². The van der Waals surface area contributed by atoms with Crippen molar-refractivity contribution in [2.24, 2.45) is 0 Å². The third-order valence-corrected chi connectivity index (χ3v) is 4.59. The number of nitro benzene ring substituents is 1. The summed E-state index contributed by atoms with van der Waals surface area (Å²) < 4.78 is 1.02. The fourth-order valence-corrected chi connectivity index (χ4v) is 3.28. The van der Waals surface area contributed by atoms with Crippen molar-refractivity contribution in [2.45, 2.75) is 6.54 Å². The molecule has 0 saturated heterocycles. The number of nitrogens with zero attached hydrogens (tertiary/aromatic N) is 2. The lowest BCUT2D eigenvalue weighted by Gasteiger charge is -2.03. The van der Waals surface area contributed by atoms with Crippen LogP contribution in [0.2, 0.25) is 0 Å². The molecule has 0 saturated carbocycles. The third-order valence-electron chi connectivity index (χ3n) is 3.15. The Morgan fingerprint density at radius 3 is 2.83 bits per heavy atom. The van der Waals surface area contributed by atoms with Gasteiger partial charge in [-0.1, -0.05) is 34.1 Å². The van der Waals surface area contributed by atoms with Gasteiger partial charge in [-0.15, -0.1) is 11.3 Å². The molecule has 0 aliphatic rings. The summed E-state index contributed by atoms with van der Waals surface area (Å²) in [5, 5.41) is 16.9. The summed E-state index contributed by atoms with van der Waals surface area (Å²) in [6.45, 7) is 0.520. The van der Waals surface area contributed by atoms with E-state index in [0.717, 1.165) is 20.7 Å². The van der Waals surface area contributed by atoms with Gasteiger partial charge in [-0.3, -0.25) is 10.1 Å². The normalized spacial score (nSPS) is 10.5. The number of hydrogen-bond acceptors (Lipinski definition) is 5. The van der Waals surface area contributed by atoms with Crippen LogP contribution in [-0.2, 0) is 6.54 Å². The van der Waals surface area contributed by atoms with Crippen LogP contribution in [-0.4, -0.2) is 9.91 Å². The lowest BCUT2D eigenvalue weighted by molar-refractivity contribution is -0.384. The number of anilines is 1. The molecule has 0 bridgehead atoms. The molecule has 1 N–H and O–H groups in total. The second-order valence-corrected chi connectivity index (χ2v) is 6.59. The molecule has 7 heteroatoms. The molecule has 3 aromatic rings. The smallest absolute Gasteiger partial charge is 0.271 e. The standard InChI is InChI=1S/C16H12BrN3O2S/c17-12-4-1-3-11(7-12)16-19-14(10-23-16)9-18-13-5-2-6-15(8-13)20(21)22/h1-8,10,18H,9H2. The summed E-state index contributed by atoms with van der Waals surface area (Å²) in [6.07, 6.45) is 0. The summed E-state index contributed by atoms with van der Waals surface area (Å²) >= 11 is 5.03. The van der Waals surface area contributed by atoms with Gasteiger partial charge in [0.2, 0.25) is 0 Å². The van der Waals surface area contributed by atoms with E-state index in [1.165, 1.54) is 12.1 Å². The van der Waals surface area contributed by atoms with Crippen LogP contribution in [0.25, 0.3) is 10.6 Å². The Hall–Kier alpha value is -2.25. The molecular weight excluding hydrogens is 378 g/mol. The summed E-state index contributed by atoms with van der Waals surface area (Å²) in [4.78, 5) is 15.0. The van der Waals surface area contributed by atoms with E-state index in [0.29, 0.717) is 12.2 Å². The van der Waals surface area contributed by atoms with Crippen molar-refractivity contribution in [3.05, 3.63) is 74.2 Å². The van der Waals surface area contributed by atoms with E-state index < -0.39 is 4.92 Å². The Balaban J connectivity index is 1.70. The SMILES string of the molecule is O=[N+]([O-])c1cccc(NCc2csc(-c3cccc(Br)c3)n2)c1. The van der Waals surface area contributed by atoms with Gasteiger partial charge in [-0.25, -0.2) is 4.98 Å². The number of rotatable bonds is 5. The van der Waals surface area contributed by atoms with Crippen molar-refractivity contribution in [1.82, 2.24) is 4.98 Å². The molecule has 0 unspecified atom stereocenters. The Bertz CT molecular complexity index is 851. The first-order valence-electron chi connectivity index (χ1n) is 6.80. The minimum atomic E-state index is -0.403. The van der Waals surface area contributed by atoms with E-state index in [1.54, 1.807) is 23.5 Å². The molecule has 0 spiro atoms. The van der Waals surface area contributed by atoms with Gasteiger partial charge in [0.05, 0.1) is 17.2 Å². The van der Waals surface area contributed by atoms with Crippen LogP contribution in [0.4, 0.5) is 11.4 Å². The predicted molar refractivity (Wildman–Crippen MR) is 95.7 cm³/mol. The van der Waals surface area contributed by atoms with Gasteiger partial charge < -0.3 is 5.32 Å². The zero-order valence-electron chi connectivity index (χ0n) is 11.9. The van der Waals surface area contributed by atoms with Gasteiger partial charge in [-0.2, -0.15) is 0 Å². The number of nitrogens with one attached hydrogen (secondary N) is 1. The number of thiazole rings is 1. The summed E-state index contributed by atoms with van der Waals surface area (Å²) in [6, 6.07) is 14.4. The largest absolute Gasteiger partial charge is 0.379 e. The van der Waals surface area contributed by atoms with Gasteiger partial charge in [0.25, 0.3) is 5.69 Å². The van der Waals surface area contributed by atoms with Crippen LogP contribution in [0, 0.1) is 10.1 Å². The highest BCUT2D eigenvalue weighted by Gasteiger charge is 2.07. The van der Waals surface area contributed by atoms with E-state index in [1.807, 2.05) is 29.6 Å². The average molecular weight is 390 g/mol. The molecule has 0 amide bonds. The van der Waals surface area contributed by atoms with Crippen LogP contribution in [0.3, 0.4) is 0 Å². The molecule has 1 heterocycles. The van der Waals surface area contributed by atoms with E-state index >= 15 is 0 Å². The van der Waals surface area contributed by atoms with E-state index in [9.17, 15) is 10.1 Å². The monoisotopic (exact) mass is 389 g/mol. The van der Waals surface area contributed by atoms with Gasteiger partial charge >= 0.3 is 0 Å². The van der Waals surface area contributed by atoms with Gasteiger partial charge in [0, 0.05) is 33.2 Å². The Morgan fingerprint density at radius 1 is 1.22 bits per heavy atom. The van der Waals surface area contributed by atoms with E-state index in [-0.39, 0.29) is 5.69 Å². The number of hydrogen-bond donors (Lipinski definition) is 1. The number of halogens is 1. The number of nitro groups is 1. The lowest BCUT2D eigenvalue weighted by atomic mass is 10.2. The minimum Gasteiger partial charge on any atom is -0.379 e. The third kappa shape index (κ3) is 3.94. The molecule has 0 aliphatic carbocycles. The molecule has 116 valence electrons. The summed E-state index contributed by atoms with van der Waals surface area (Å²) in [5.74, 6) is 0. The molecular formula is C16H12BrN3O2S. The van der Waals surface area contributed by atoms with E-state index in [4.69, 9.17) is 0 Å².